The van der Waals surface area contributed by atoms with Crippen molar-refractivity contribution in [1.29, 1.82) is 0 Å². The van der Waals surface area contributed by atoms with Gasteiger partial charge >= 0.3 is 0 Å². The summed E-state index contributed by atoms with van der Waals surface area (Å²) in [5.41, 5.74) is 0. The first kappa shape index (κ1) is 5.00. The Morgan fingerprint density at radius 3 is 2.86 bits per heavy atom. The molecular weight excluding hydrogens is 97.0 g/mol. The predicted octanol–water partition coefficient (Wildman–Crippen LogP) is -0.0982. The van der Waals surface area contributed by atoms with Gasteiger partial charge in [0.2, 0.25) is 6.36 Å². The standard InChI is InChI=1S/C4H8FNO/c5-4-3-6-1-2-7-4/h4,6H,1-3H2/t4-/m1/s1. The Hall–Kier alpha value is -0.150. The van der Waals surface area contributed by atoms with Crippen LogP contribution in [0.1, 0.15) is 0 Å². The Kier molecular flexibility index (Phi) is 1.59. The van der Waals surface area contributed by atoms with Gasteiger partial charge in [-0.3, -0.25) is 0 Å². The molecule has 1 fully saturated rings. The highest BCUT2D eigenvalue weighted by molar-refractivity contribution is 4.55. The molecule has 0 radical (unpaired) electrons. The van der Waals surface area contributed by atoms with Crippen LogP contribution in [-0.4, -0.2) is 26.1 Å². The van der Waals surface area contributed by atoms with Crippen LogP contribution in [0.2, 0.25) is 0 Å². The Bertz CT molecular complexity index is 53.7. The molecule has 0 aliphatic carbocycles. The average Bonchev–Trinajstić information content (AvgIpc) is 1.69. The lowest BCUT2D eigenvalue weighted by Gasteiger charge is -2.15. The maximum Gasteiger partial charge on any atom is 0.211 e. The highest BCUT2D eigenvalue weighted by atomic mass is 19.1. The first-order chi connectivity index (χ1) is 3.39. The molecule has 1 aliphatic heterocycles. The highest BCUT2D eigenvalue weighted by Crippen LogP contribution is 1.94. The fourth-order valence-electron chi connectivity index (χ4n) is 0.533. The summed E-state index contributed by atoms with van der Waals surface area (Å²) in [6.45, 7) is 1.63. The summed E-state index contributed by atoms with van der Waals surface area (Å²) in [4.78, 5) is 0. The fraction of sp³-hybridized carbons (Fsp3) is 1.00. The molecule has 2 nitrogen and oxygen atoms in total. The summed E-state index contributed by atoms with van der Waals surface area (Å²) in [5.74, 6) is 0. The van der Waals surface area contributed by atoms with E-state index in [1.165, 1.54) is 0 Å². The zero-order valence-corrected chi connectivity index (χ0v) is 3.98. The molecule has 0 unspecified atom stereocenters. The number of ether oxygens (including phenoxy) is 1. The van der Waals surface area contributed by atoms with Crippen LogP contribution < -0.4 is 5.32 Å². The van der Waals surface area contributed by atoms with Crippen LogP contribution in [-0.2, 0) is 4.74 Å². The number of halogens is 1. The Labute approximate surface area is 41.7 Å². The van der Waals surface area contributed by atoms with Crippen LogP contribution in [0.15, 0.2) is 0 Å². The maximum absolute atomic E-state index is 11.9. The third-order valence-corrected chi connectivity index (χ3v) is 0.882. The summed E-state index contributed by atoms with van der Waals surface area (Å²) in [7, 11) is 0. The Morgan fingerprint density at radius 2 is 2.57 bits per heavy atom. The smallest absolute Gasteiger partial charge is 0.211 e. The molecule has 0 bridgehead atoms. The van der Waals surface area contributed by atoms with E-state index in [1.54, 1.807) is 0 Å². The van der Waals surface area contributed by atoms with Crippen molar-refractivity contribution in [3.8, 4) is 0 Å². The van der Waals surface area contributed by atoms with Gasteiger partial charge in [-0.2, -0.15) is 0 Å². The van der Waals surface area contributed by atoms with E-state index >= 15 is 0 Å². The zero-order chi connectivity index (χ0) is 5.11. The van der Waals surface area contributed by atoms with E-state index in [0.717, 1.165) is 6.54 Å². The van der Waals surface area contributed by atoms with Crippen molar-refractivity contribution >= 4 is 0 Å². The van der Waals surface area contributed by atoms with Crippen molar-refractivity contribution in [2.24, 2.45) is 0 Å². The molecule has 0 aromatic rings. The van der Waals surface area contributed by atoms with Gasteiger partial charge in [0.25, 0.3) is 0 Å². The number of hydrogen-bond donors (Lipinski definition) is 1. The minimum Gasteiger partial charge on any atom is -0.346 e. The van der Waals surface area contributed by atoms with Crippen LogP contribution in [0.5, 0.6) is 0 Å². The van der Waals surface area contributed by atoms with Crippen molar-refractivity contribution in [3.05, 3.63) is 0 Å². The van der Waals surface area contributed by atoms with Crippen LogP contribution in [0.25, 0.3) is 0 Å². The molecule has 0 saturated carbocycles. The highest BCUT2D eigenvalue weighted by Gasteiger charge is 2.08. The van der Waals surface area contributed by atoms with Gasteiger partial charge in [-0.25, -0.2) is 4.39 Å². The predicted molar refractivity (Wildman–Crippen MR) is 23.7 cm³/mol. The lowest BCUT2D eigenvalue weighted by atomic mass is 10.5. The van der Waals surface area contributed by atoms with Crippen LogP contribution in [0, 0.1) is 0 Å². The molecule has 1 heterocycles. The van der Waals surface area contributed by atoms with Gasteiger partial charge in [-0.15, -0.1) is 0 Å². The molecule has 1 N–H and O–H groups in total. The number of rotatable bonds is 0. The van der Waals surface area contributed by atoms with E-state index in [4.69, 9.17) is 0 Å². The molecule has 1 rings (SSSR count). The Balaban J connectivity index is 2.12. The largest absolute Gasteiger partial charge is 0.346 e. The lowest BCUT2D eigenvalue weighted by Crippen LogP contribution is -2.35. The summed E-state index contributed by atoms with van der Waals surface area (Å²) < 4.78 is 16.4. The van der Waals surface area contributed by atoms with E-state index in [9.17, 15) is 4.39 Å². The third-order valence-electron chi connectivity index (χ3n) is 0.882. The average molecular weight is 105 g/mol. The van der Waals surface area contributed by atoms with Gasteiger partial charge in [0.1, 0.15) is 0 Å². The van der Waals surface area contributed by atoms with Crippen LogP contribution in [0.4, 0.5) is 4.39 Å². The molecule has 1 saturated heterocycles. The molecule has 0 amide bonds. The quantitative estimate of drug-likeness (QED) is 0.464. The monoisotopic (exact) mass is 105 g/mol. The van der Waals surface area contributed by atoms with E-state index in [0.29, 0.717) is 13.2 Å². The van der Waals surface area contributed by atoms with Crippen LogP contribution >= 0.6 is 0 Å². The van der Waals surface area contributed by atoms with Gasteiger partial charge in [-0.05, 0) is 0 Å². The zero-order valence-electron chi connectivity index (χ0n) is 3.98. The molecule has 1 aliphatic rings. The normalized spacial score (nSPS) is 33.0. The fourth-order valence-corrected chi connectivity index (χ4v) is 0.533. The second-order valence-electron chi connectivity index (χ2n) is 1.48. The van der Waals surface area contributed by atoms with Gasteiger partial charge in [0, 0.05) is 6.54 Å². The second kappa shape index (κ2) is 2.23. The minimum absolute atomic E-state index is 0.347. The summed E-state index contributed by atoms with van der Waals surface area (Å²) in [6, 6.07) is 0. The topological polar surface area (TPSA) is 21.3 Å². The second-order valence-corrected chi connectivity index (χ2v) is 1.48. The van der Waals surface area contributed by atoms with Crippen molar-refractivity contribution in [2.75, 3.05) is 19.7 Å². The first-order valence-corrected chi connectivity index (χ1v) is 2.36. The van der Waals surface area contributed by atoms with E-state index in [-0.39, 0.29) is 0 Å². The van der Waals surface area contributed by atoms with Gasteiger partial charge in [-0.1, -0.05) is 0 Å². The summed E-state index contributed by atoms with van der Waals surface area (Å²) in [5, 5.41) is 2.83. The first-order valence-electron chi connectivity index (χ1n) is 2.36. The molecule has 0 aromatic heterocycles. The SMILES string of the molecule is F[C@H]1CNCCO1. The molecular formula is C4H8FNO. The van der Waals surface area contributed by atoms with E-state index in [1.807, 2.05) is 0 Å². The van der Waals surface area contributed by atoms with Gasteiger partial charge in [0.05, 0.1) is 13.2 Å². The molecule has 7 heavy (non-hydrogen) atoms. The van der Waals surface area contributed by atoms with Gasteiger partial charge in [0.15, 0.2) is 0 Å². The molecule has 42 valence electrons. The van der Waals surface area contributed by atoms with Crippen LogP contribution in [0.3, 0.4) is 0 Å². The number of hydrogen-bond acceptors (Lipinski definition) is 2. The Morgan fingerprint density at radius 1 is 1.71 bits per heavy atom. The number of alkyl halides is 1. The van der Waals surface area contributed by atoms with E-state index in [2.05, 4.69) is 10.1 Å². The molecule has 3 heteroatoms. The van der Waals surface area contributed by atoms with E-state index < -0.39 is 6.36 Å². The van der Waals surface area contributed by atoms with Crippen molar-refractivity contribution in [1.82, 2.24) is 5.32 Å². The van der Waals surface area contributed by atoms with Crippen molar-refractivity contribution in [2.45, 2.75) is 6.36 Å². The molecule has 0 spiro atoms. The van der Waals surface area contributed by atoms with Gasteiger partial charge < -0.3 is 10.1 Å². The molecule has 1 atom stereocenters. The number of morpholine rings is 1. The summed E-state index contributed by atoms with van der Waals surface area (Å²) >= 11 is 0. The third kappa shape index (κ3) is 1.41. The lowest BCUT2D eigenvalue weighted by molar-refractivity contribution is -0.0560. The minimum atomic E-state index is -1.08. The van der Waals surface area contributed by atoms with Crippen molar-refractivity contribution < 1.29 is 9.13 Å². The molecule has 0 aromatic carbocycles. The van der Waals surface area contributed by atoms with Crippen molar-refractivity contribution in [3.63, 3.8) is 0 Å². The maximum atomic E-state index is 11.9. The summed E-state index contributed by atoms with van der Waals surface area (Å²) in [6.07, 6.45) is -1.08. The number of nitrogens with one attached hydrogen (secondary N) is 1.